The number of benzene rings is 1. The molecule has 0 saturated heterocycles. The molecule has 0 spiro atoms. The number of ether oxygens (including phenoxy) is 1. The van der Waals surface area contributed by atoms with Crippen molar-refractivity contribution in [3.63, 3.8) is 0 Å². The van der Waals surface area contributed by atoms with Crippen LogP contribution in [0.4, 0.5) is 5.69 Å². The summed E-state index contributed by atoms with van der Waals surface area (Å²) in [5.41, 5.74) is 1.20. The van der Waals surface area contributed by atoms with Crippen LogP contribution >= 0.6 is 0 Å². The minimum absolute atomic E-state index is 0.0181. The molecule has 0 unspecified atom stereocenters. The van der Waals surface area contributed by atoms with Crippen molar-refractivity contribution in [2.75, 3.05) is 5.32 Å². The summed E-state index contributed by atoms with van der Waals surface area (Å²) >= 11 is 0. The van der Waals surface area contributed by atoms with Gasteiger partial charge in [0.05, 0.1) is 6.10 Å². The first-order chi connectivity index (χ1) is 11.8. The third kappa shape index (κ3) is 5.60. The zero-order chi connectivity index (χ0) is 18.4. The van der Waals surface area contributed by atoms with Crippen LogP contribution in [0.3, 0.4) is 0 Å². The molecule has 0 saturated carbocycles. The predicted molar refractivity (Wildman–Crippen MR) is 97.0 cm³/mol. The Morgan fingerprint density at radius 3 is 2.28 bits per heavy atom. The molecule has 2 amide bonds. The molecule has 6 nitrogen and oxygen atoms in total. The summed E-state index contributed by atoms with van der Waals surface area (Å²) in [6.45, 7) is 7.65. The Kier molecular flexibility index (Phi) is 6.11. The second-order valence-electron chi connectivity index (χ2n) is 6.20. The summed E-state index contributed by atoms with van der Waals surface area (Å²) in [4.78, 5) is 28.4. The topological polar surface area (TPSA) is 80.3 Å². The Hall–Kier alpha value is -2.89. The minimum Gasteiger partial charge on any atom is -0.491 e. The number of hydrogen-bond donors (Lipinski definition) is 2. The van der Waals surface area contributed by atoms with E-state index in [1.165, 1.54) is 12.3 Å². The van der Waals surface area contributed by atoms with Gasteiger partial charge in [0.1, 0.15) is 11.4 Å². The lowest BCUT2D eigenvalue weighted by Gasteiger charge is -2.11. The summed E-state index contributed by atoms with van der Waals surface area (Å²) in [5, 5.41) is 5.54. The zero-order valence-corrected chi connectivity index (χ0v) is 14.9. The molecule has 1 aromatic heterocycles. The number of rotatable bonds is 6. The largest absolute Gasteiger partial charge is 0.491 e. The Balaban J connectivity index is 2.06. The van der Waals surface area contributed by atoms with Crippen LogP contribution in [0.15, 0.2) is 42.6 Å². The van der Waals surface area contributed by atoms with Crippen molar-refractivity contribution in [3.8, 4) is 5.75 Å². The van der Waals surface area contributed by atoms with Crippen LogP contribution in [0.1, 0.15) is 48.5 Å². The molecule has 0 aliphatic carbocycles. The number of pyridine rings is 1. The molecule has 2 N–H and O–H groups in total. The number of amides is 2. The Morgan fingerprint density at radius 2 is 1.68 bits per heavy atom. The van der Waals surface area contributed by atoms with Gasteiger partial charge in [0, 0.05) is 23.5 Å². The average Bonchev–Trinajstić information content (AvgIpc) is 2.55. The number of anilines is 1. The maximum absolute atomic E-state index is 12.3. The fraction of sp³-hybridized carbons (Fsp3) is 0.316. The number of nitrogens with one attached hydrogen (secondary N) is 2. The number of hydrogen-bond acceptors (Lipinski definition) is 4. The van der Waals surface area contributed by atoms with E-state index in [-0.39, 0.29) is 29.7 Å². The lowest BCUT2D eigenvalue weighted by atomic mass is 10.2. The van der Waals surface area contributed by atoms with Crippen LogP contribution in [-0.4, -0.2) is 28.9 Å². The van der Waals surface area contributed by atoms with E-state index in [0.29, 0.717) is 11.3 Å². The van der Waals surface area contributed by atoms with Gasteiger partial charge in [-0.05, 0) is 64.1 Å². The van der Waals surface area contributed by atoms with Crippen molar-refractivity contribution in [2.45, 2.75) is 39.8 Å². The van der Waals surface area contributed by atoms with Gasteiger partial charge < -0.3 is 15.4 Å². The second kappa shape index (κ2) is 8.28. The van der Waals surface area contributed by atoms with Gasteiger partial charge in [-0.15, -0.1) is 0 Å². The monoisotopic (exact) mass is 341 g/mol. The molecule has 0 bridgehead atoms. The van der Waals surface area contributed by atoms with E-state index in [1.54, 1.807) is 30.3 Å². The highest BCUT2D eigenvalue weighted by Crippen LogP contribution is 2.17. The standard InChI is InChI=1S/C19H23N3O3/c1-12(2)21-18(23)14-9-10-20-17(11-14)19(24)22-15-5-7-16(8-6-15)25-13(3)4/h5-13H,1-4H3,(H,21,23)(H,22,24). The molecule has 1 heterocycles. The van der Waals surface area contributed by atoms with Crippen LogP contribution < -0.4 is 15.4 Å². The molecule has 6 heteroatoms. The quantitative estimate of drug-likeness (QED) is 0.845. The maximum atomic E-state index is 12.3. The van der Waals surface area contributed by atoms with Crippen molar-refractivity contribution in [1.29, 1.82) is 0 Å². The Bertz CT molecular complexity index is 740. The van der Waals surface area contributed by atoms with Gasteiger partial charge in [0.25, 0.3) is 11.8 Å². The third-order valence-corrected chi connectivity index (χ3v) is 3.16. The van der Waals surface area contributed by atoms with Crippen molar-refractivity contribution >= 4 is 17.5 Å². The van der Waals surface area contributed by atoms with Crippen molar-refractivity contribution in [2.24, 2.45) is 0 Å². The van der Waals surface area contributed by atoms with Gasteiger partial charge in [-0.1, -0.05) is 0 Å². The van der Waals surface area contributed by atoms with Crippen molar-refractivity contribution < 1.29 is 14.3 Å². The summed E-state index contributed by atoms with van der Waals surface area (Å²) in [7, 11) is 0. The molecular weight excluding hydrogens is 318 g/mol. The molecule has 0 aliphatic heterocycles. The number of carbonyl (C=O) groups excluding carboxylic acids is 2. The van der Waals surface area contributed by atoms with Crippen molar-refractivity contribution in [3.05, 3.63) is 53.9 Å². The first-order valence-electron chi connectivity index (χ1n) is 8.20. The lowest BCUT2D eigenvalue weighted by molar-refractivity contribution is 0.0943. The fourth-order valence-corrected chi connectivity index (χ4v) is 2.13. The first kappa shape index (κ1) is 18.4. The van der Waals surface area contributed by atoms with Gasteiger partial charge in [-0.25, -0.2) is 0 Å². The van der Waals surface area contributed by atoms with Gasteiger partial charge in [-0.2, -0.15) is 0 Å². The highest BCUT2D eigenvalue weighted by molar-refractivity contribution is 6.04. The van der Waals surface area contributed by atoms with E-state index in [4.69, 9.17) is 4.74 Å². The highest BCUT2D eigenvalue weighted by Gasteiger charge is 2.13. The van der Waals surface area contributed by atoms with Gasteiger partial charge in [-0.3, -0.25) is 14.6 Å². The number of aromatic nitrogens is 1. The van der Waals surface area contributed by atoms with E-state index in [2.05, 4.69) is 15.6 Å². The zero-order valence-electron chi connectivity index (χ0n) is 14.9. The third-order valence-electron chi connectivity index (χ3n) is 3.16. The average molecular weight is 341 g/mol. The van der Waals surface area contributed by atoms with E-state index in [0.717, 1.165) is 5.75 Å². The van der Waals surface area contributed by atoms with Gasteiger partial charge in [0.15, 0.2) is 0 Å². The normalized spacial score (nSPS) is 10.6. The smallest absolute Gasteiger partial charge is 0.274 e. The molecular formula is C19H23N3O3. The highest BCUT2D eigenvalue weighted by atomic mass is 16.5. The molecule has 0 aliphatic rings. The second-order valence-corrected chi connectivity index (χ2v) is 6.20. The molecule has 25 heavy (non-hydrogen) atoms. The number of carbonyl (C=O) groups is 2. The molecule has 2 aromatic rings. The van der Waals surface area contributed by atoms with Crippen LogP contribution in [0, 0.1) is 0 Å². The van der Waals surface area contributed by atoms with Crippen LogP contribution in [-0.2, 0) is 0 Å². The Labute approximate surface area is 147 Å². The summed E-state index contributed by atoms with van der Waals surface area (Å²) < 4.78 is 5.56. The molecule has 0 radical (unpaired) electrons. The van der Waals surface area contributed by atoms with Crippen LogP contribution in [0.2, 0.25) is 0 Å². The van der Waals surface area contributed by atoms with Crippen molar-refractivity contribution in [1.82, 2.24) is 10.3 Å². The van der Waals surface area contributed by atoms with Crippen LogP contribution in [0.25, 0.3) is 0 Å². The molecule has 0 fully saturated rings. The summed E-state index contributed by atoms with van der Waals surface area (Å²) in [5.74, 6) is 0.122. The minimum atomic E-state index is -0.378. The van der Waals surface area contributed by atoms with Crippen LogP contribution in [0.5, 0.6) is 5.75 Å². The van der Waals surface area contributed by atoms with E-state index < -0.39 is 0 Å². The van der Waals surface area contributed by atoms with Gasteiger partial charge >= 0.3 is 0 Å². The van der Waals surface area contributed by atoms with E-state index in [1.807, 2.05) is 27.7 Å². The van der Waals surface area contributed by atoms with E-state index in [9.17, 15) is 9.59 Å². The van der Waals surface area contributed by atoms with E-state index >= 15 is 0 Å². The summed E-state index contributed by atoms with van der Waals surface area (Å²) in [6.07, 6.45) is 1.54. The number of nitrogens with zero attached hydrogens (tertiary/aromatic N) is 1. The molecule has 0 atom stereocenters. The predicted octanol–water partition coefficient (Wildman–Crippen LogP) is 3.26. The van der Waals surface area contributed by atoms with Gasteiger partial charge in [0.2, 0.25) is 0 Å². The molecule has 132 valence electrons. The maximum Gasteiger partial charge on any atom is 0.274 e. The SMILES string of the molecule is CC(C)NC(=O)c1ccnc(C(=O)Nc2ccc(OC(C)C)cc2)c1. The summed E-state index contributed by atoms with van der Waals surface area (Å²) in [6, 6.07) is 10.2. The first-order valence-corrected chi connectivity index (χ1v) is 8.20. The Morgan fingerprint density at radius 1 is 1.00 bits per heavy atom. The molecule has 2 rings (SSSR count). The fourth-order valence-electron chi connectivity index (χ4n) is 2.13. The lowest BCUT2D eigenvalue weighted by Crippen LogP contribution is -2.30. The molecule has 1 aromatic carbocycles.